The molecule has 1 rings (SSSR count). The molecule has 0 heterocycles. The lowest BCUT2D eigenvalue weighted by molar-refractivity contribution is -0.140. The van der Waals surface area contributed by atoms with Crippen molar-refractivity contribution >= 4 is 5.97 Å². The summed E-state index contributed by atoms with van der Waals surface area (Å²) in [5.74, 6) is -0.186. The molecule has 0 spiro atoms. The van der Waals surface area contributed by atoms with E-state index in [1.165, 1.54) is 32.2 Å². The number of esters is 1. The van der Waals surface area contributed by atoms with Crippen LogP contribution in [-0.2, 0) is 20.7 Å². The molecule has 4 nitrogen and oxygen atoms in total. The van der Waals surface area contributed by atoms with Crippen LogP contribution in [0.1, 0.15) is 12.5 Å². The second-order valence-electron chi connectivity index (χ2n) is 3.39. The van der Waals surface area contributed by atoms with Crippen LogP contribution in [0.3, 0.4) is 0 Å². The van der Waals surface area contributed by atoms with Gasteiger partial charge in [0.25, 0.3) is 0 Å². The van der Waals surface area contributed by atoms with Crippen LogP contribution in [0.15, 0.2) is 18.2 Å². The molecule has 0 unspecified atom stereocenters. The summed E-state index contributed by atoms with van der Waals surface area (Å²) >= 11 is 0. The topological polar surface area (TPSA) is 44.8 Å². The third kappa shape index (κ3) is 4.82. The Labute approximate surface area is 99.3 Å². The first kappa shape index (κ1) is 13.4. The van der Waals surface area contributed by atoms with E-state index >= 15 is 0 Å². The molecule has 0 aliphatic heterocycles. The van der Waals surface area contributed by atoms with Crippen molar-refractivity contribution in [2.45, 2.75) is 13.3 Å². The van der Waals surface area contributed by atoms with Crippen LogP contribution in [0.4, 0.5) is 4.39 Å². The molecule has 1 aromatic rings. The lowest BCUT2D eigenvalue weighted by atomic mass is 10.1. The summed E-state index contributed by atoms with van der Waals surface area (Å²) in [4.78, 5) is 10.6. The largest absolute Gasteiger partial charge is 0.467 e. The van der Waals surface area contributed by atoms with E-state index in [0.29, 0.717) is 17.7 Å². The Balaban J connectivity index is 2.65. The van der Waals surface area contributed by atoms with Crippen molar-refractivity contribution in [3.8, 4) is 5.75 Å². The second-order valence-corrected chi connectivity index (χ2v) is 3.39. The number of ether oxygens (including phenoxy) is 3. The smallest absolute Gasteiger partial charge is 0.302 e. The molecule has 0 saturated heterocycles. The third-order valence-electron chi connectivity index (χ3n) is 2.03. The van der Waals surface area contributed by atoms with E-state index in [1.807, 2.05) is 0 Å². The Bertz CT molecular complexity index is 379. The van der Waals surface area contributed by atoms with Gasteiger partial charge in [-0.25, -0.2) is 4.39 Å². The molecule has 0 aliphatic carbocycles. The fourth-order valence-corrected chi connectivity index (χ4v) is 1.31. The van der Waals surface area contributed by atoms with Crippen molar-refractivity contribution in [3.63, 3.8) is 0 Å². The summed E-state index contributed by atoms with van der Waals surface area (Å²) in [6, 6.07) is 4.19. The predicted octanol–water partition coefficient (Wildman–Crippen LogP) is 1.91. The standard InChI is InChI=1S/C12H15FO4/c1-9(14)16-6-5-10-7-11(13)3-4-12(10)17-8-15-2/h3-4,7H,5-6,8H2,1-2H3. The summed E-state index contributed by atoms with van der Waals surface area (Å²) in [6.07, 6.45) is 0.399. The van der Waals surface area contributed by atoms with E-state index < -0.39 is 0 Å². The Morgan fingerprint density at radius 2 is 2.18 bits per heavy atom. The van der Waals surface area contributed by atoms with Crippen LogP contribution in [0.25, 0.3) is 0 Å². The molecule has 0 radical (unpaired) electrons. The van der Waals surface area contributed by atoms with Crippen molar-refractivity contribution in [2.24, 2.45) is 0 Å². The molecule has 1 aromatic carbocycles. The highest BCUT2D eigenvalue weighted by Crippen LogP contribution is 2.20. The molecule has 0 amide bonds. The molecule has 0 bridgehead atoms. The first-order chi connectivity index (χ1) is 8.13. The van der Waals surface area contributed by atoms with Crippen molar-refractivity contribution < 1.29 is 23.4 Å². The molecule has 0 fully saturated rings. The number of carbonyl (C=O) groups is 1. The first-order valence-electron chi connectivity index (χ1n) is 5.17. The van der Waals surface area contributed by atoms with E-state index in [0.717, 1.165) is 0 Å². The van der Waals surface area contributed by atoms with Crippen LogP contribution in [-0.4, -0.2) is 26.5 Å². The normalized spacial score (nSPS) is 10.1. The maximum absolute atomic E-state index is 13.1. The molecule has 0 N–H and O–H groups in total. The third-order valence-corrected chi connectivity index (χ3v) is 2.03. The lowest BCUT2D eigenvalue weighted by Crippen LogP contribution is -2.06. The number of benzene rings is 1. The molecule has 0 saturated carbocycles. The minimum absolute atomic E-state index is 0.0895. The van der Waals surface area contributed by atoms with Gasteiger partial charge in [0.2, 0.25) is 0 Å². The van der Waals surface area contributed by atoms with Crippen molar-refractivity contribution in [3.05, 3.63) is 29.6 Å². The van der Waals surface area contributed by atoms with Gasteiger partial charge >= 0.3 is 5.97 Å². The van der Waals surface area contributed by atoms with Gasteiger partial charge < -0.3 is 14.2 Å². The number of halogens is 1. The maximum atomic E-state index is 13.1. The highest BCUT2D eigenvalue weighted by atomic mass is 19.1. The monoisotopic (exact) mass is 242 g/mol. The molecular weight excluding hydrogens is 227 g/mol. The highest BCUT2D eigenvalue weighted by molar-refractivity contribution is 5.65. The molecule has 0 atom stereocenters. The van der Waals surface area contributed by atoms with Gasteiger partial charge in [-0.3, -0.25) is 4.79 Å². The quantitative estimate of drug-likeness (QED) is 0.564. The number of rotatable bonds is 6. The average Bonchev–Trinajstić information content (AvgIpc) is 2.27. The summed E-state index contributed by atoms with van der Waals surface area (Å²) < 4.78 is 27.9. The summed E-state index contributed by atoms with van der Waals surface area (Å²) in [5.41, 5.74) is 0.642. The Hall–Kier alpha value is -1.62. The molecule has 17 heavy (non-hydrogen) atoms. The number of hydrogen-bond acceptors (Lipinski definition) is 4. The van der Waals surface area contributed by atoms with Gasteiger partial charge in [0.05, 0.1) is 6.61 Å². The van der Waals surface area contributed by atoms with Gasteiger partial charge in [0.1, 0.15) is 11.6 Å². The Morgan fingerprint density at radius 1 is 1.41 bits per heavy atom. The van der Waals surface area contributed by atoms with Crippen LogP contribution in [0.5, 0.6) is 5.75 Å². The summed E-state index contributed by atoms with van der Waals surface area (Å²) in [6.45, 7) is 1.61. The molecule has 0 aliphatic rings. The lowest BCUT2D eigenvalue weighted by Gasteiger charge is -2.10. The SMILES string of the molecule is COCOc1ccc(F)cc1CCOC(C)=O. The highest BCUT2D eigenvalue weighted by Gasteiger charge is 2.06. The number of carbonyl (C=O) groups excluding carboxylic acids is 1. The van der Waals surface area contributed by atoms with Crippen LogP contribution in [0, 0.1) is 5.82 Å². The summed E-state index contributed by atoms with van der Waals surface area (Å²) in [7, 11) is 1.50. The zero-order chi connectivity index (χ0) is 12.7. The minimum Gasteiger partial charge on any atom is -0.467 e. The Morgan fingerprint density at radius 3 is 2.82 bits per heavy atom. The van der Waals surface area contributed by atoms with Gasteiger partial charge in [0, 0.05) is 26.0 Å². The molecule has 0 aromatic heterocycles. The average molecular weight is 242 g/mol. The van der Waals surface area contributed by atoms with Gasteiger partial charge in [-0.1, -0.05) is 0 Å². The molecular formula is C12H15FO4. The van der Waals surface area contributed by atoms with Crippen LogP contribution < -0.4 is 4.74 Å². The molecule has 5 heteroatoms. The van der Waals surface area contributed by atoms with Crippen molar-refractivity contribution in [1.29, 1.82) is 0 Å². The first-order valence-corrected chi connectivity index (χ1v) is 5.17. The summed E-state index contributed by atoms with van der Waals surface area (Å²) in [5, 5.41) is 0. The maximum Gasteiger partial charge on any atom is 0.302 e. The number of hydrogen-bond donors (Lipinski definition) is 0. The Kier molecular flexibility index (Phi) is 5.42. The fourth-order valence-electron chi connectivity index (χ4n) is 1.31. The number of methoxy groups -OCH3 is 1. The van der Waals surface area contributed by atoms with Gasteiger partial charge in [-0.2, -0.15) is 0 Å². The van der Waals surface area contributed by atoms with Gasteiger partial charge in [-0.15, -0.1) is 0 Å². The predicted molar refractivity (Wildman–Crippen MR) is 59.2 cm³/mol. The van der Waals surface area contributed by atoms with Crippen molar-refractivity contribution in [2.75, 3.05) is 20.5 Å². The fraction of sp³-hybridized carbons (Fsp3) is 0.417. The van der Waals surface area contributed by atoms with Crippen LogP contribution >= 0.6 is 0 Å². The minimum atomic E-state index is -0.360. The second kappa shape index (κ2) is 6.85. The van der Waals surface area contributed by atoms with Gasteiger partial charge in [-0.05, 0) is 18.2 Å². The van der Waals surface area contributed by atoms with E-state index in [2.05, 4.69) is 0 Å². The van der Waals surface area contributed by atoms with E-state index in [9.17, 15) is 9.18 Å². The van der Waals surface area contributed by atoms with E-state index in [1.54, 1.807) is 0 Å². The van der Waals surface area contributed by atoms with Crippen molar-refractivity contribution in [1.82, 2.24) is 0 Å². The van der Waals surface area contributed by atoms with Gasteiger partial charge in [0.15, 0.2) is 6.79 Å². The van der Waals surface area contributed by atoms with Crippen LogP contribution in [0.2, 0.25) is 0 Å². The molecule has 94 valence electrons. The zero-order valence-corrected chi connectivity index (χ0v) is 9.86. The van der Waals surface area contributed by atoms with E-state index in [4.69, 9.17) is 14.2 Å². The van der Waals surface area contributed by atoms with E-state index in [-0.39, 0.29) is 25.2 Å². The zero-order valence-electron chi connectivity index (χ0n) is 9.86.